The van der Waals surface area contributed by atoms with E-state index in [1.807, 2.05) is 0 Å². The Hall–Kier alpha value is -1.04. The highest BCUT2D eigenvalue weighted by Crippen LogP contribution is 2.27. The van der Waals surface area contributed by atoms with Gasteiger partial charge in [0.2, 0.25) is 10.0 Å². The Morgan fingerprint density at radius 3 is 2.69 bits per heavy atom. The van der Waals surface area contributed by atoms with Gasteiger partial charge in [0.25, 0.3) is 0 Å². The highest BCUT2D eigenvalue weighted by molar-refractivity contribution is 7.89. The lowest BCUT2D eigenvalue weighted by Gasteiger charge is -2.13. The monoisotopic (exact) mass is 261 g/mol. The van der Waals surface area contributed by atoms with Gasteiger partial charge >= 0.3 is 0 Å². The molecule has 0 aromatic heterocycles. The first-order valence-electron chi connectivity index (χ1n) is 4.46. The van der Waals surface area contributed by atoms with Crippen LogP contribution in [0.1, 0.15) is 6.92 Å². The van der Waals surface area contributed by atoms with Gasteiger partial charge in [-0.25, -0.2) is 13.6 Å². The Labute approximate surface area is 99.7 Å². The van der Waals surface area contributed by atoms with E-state index in [4.69, 9.17) is 21.5 Å². The Morgan fingerprint density at radius 2 is 2.19 bits per heavy atom. The second-order valence-electron chi connectivity index (χ2n) is 3.19. The van der Waals surface area contributed by atoms with Crippen LogP contribution >= 0.6 is 11.6 Å². The van der Waals surface area contributed by atoms with Crippen molar-refractivity contribution in [2.75, 3.05) is 0 Å². The summed E-state index contributed by atoms with van der Waals surface area (Å²) in [6.07, 6.45) is 1.23. The Kier molecular flexibility index (Phi) is 3.96. The van der Waals surface area contributed by atoms with Crippen molar-refractivity contribution < 1.29 is 13.2 Å². The van der Waals surface area contributed by atoms with Gasteiger partial charge in [0.05, 0.1) is 0 Å². The van der Waals surface area contributed by atoms with Gasteiger partial charge in [-0.05, 0) is 25.1 Å². The number of halogens is 1. The summed E-state index contributed by atoms with van der Waals surface area (Å²) in [5.41, 5.74) is 0. The smallest absolute Gasteiger partial charge is 0.241 e. The Morgan fingerprint density at radius 1 is 1.56 bits per heavy atom. The second kappa shape index (κ2) is 4.86. The average Bonchev–Trinajstić information content (AvgIpc) is 2.19. The maximum Gasteiger partial charge on any atom is 0.241 e. The normalized spacial score (nSPS) is 13.2. The first kappa shape index (κ1) is 13.0. The number of sulfonamides is 1. The maximum atomic E-state index is 11.3. The molecular formula is C10H12ClNO3S. The molecule has 0 fully saturated rings. The zero-order valence-electron chi connectivity index (χ0n) is 8.68. The van der Waals surface area contributed by atoms with Gasteiger partial charge in [-0.15, -0.1) is 0 Å². The maximum absolute atomic E-state index is 11.3. The predicted molar refractivity (Wildman–Crippen MR) is 63.1 cm³/mol. The third-order valence-electron chi connectivity index (χ3n) is 1.86. The zero-order chi connectivity index (χ0) is 12.3. The zero-order valence-corrected chi connectivity index (χ0v) is 10.3. The largest absolute Gasteiger partial charge is 0.485 e. The summed E-state index contributed by atoms with van der Waals surface area (Å²) in [6, 6.07) is 4.24. The number of primary sulfonamides is 1. The van der Waals surface area contributed by atoms with Gasteiger partial charge in [0, 0.05) is 5.02 Å². The molecule has 0 aliphatic carbocycles. The van der Waals surface area contributed by atoms with Crippen LogP contribution in [0.3, 0.4) is 0 Å². The molecule has 1 aromatic carbocycles. The van der Waals surface area contributed by atoms with Crippen molar-refractivity contribution in [3.8, 4) is 5.75 Å². The molecule has 0 saturated heterocycles. The molecule has 0 aliphatic rings. The van der Waals surface area contributed by atoms with Crippen molar-refractivity contribution in [3.63, 3.8) is 0 Å². The summed E-state index contributed by atoms with van der Waals surface area (Å²) < 4.78 is 27.9. The van der Waals surface area contributed by atoms with Crippen molar-refractivity contribution in [2.24, 2.45) is 5.14 Å². The third-order valence-corrected chi connectivity index (χ3v) is 3.02. The number of benzene rings is 1. The number of rotatable bonds is 4. The number of ether oxygens (including phenoxy) is 1. The molecule has 88 valence electrons. The fraction of sp³-hybridized carbons (Fsp3) is 0.200. The summed E-state index contributed by atoms with van der Waals surface area (Å²) >= 11 is 5.70. The fourth-order valence-corrected chi connectivity index (χ4v) is 1.97. The van der Waals surface area contributed by atoms with Crippen LogP contribution in [0.4, 0.5) is 0 Å². The molecule has 0 radical (unpaired) electrons. The van der Waals surface area contributed by atoms with Crippen LogP contribution in [-0.4, -0.2) is 14.5 Å². The first-order chi connectivity index (χ1) is 7.34. The predicted octanol–water partition coefficient (Wildman–Crippen LogP) is 1.94. The van der Waals surface area contributed by atoms with Gasteiger partial charge in [-0.3, -0.25) is 0 Å². The summed E-state index contributed by atoms with van der Waals surface area (Å²) in [6.45, 7) is 5.27. The molecule has 1 unspecified atom stereocenters. The lowest BCUT2D eigenvalue weighted by molar-refractivity contribution is 0.263. The van der Waals surface area contributed by atoms with Crippen LogP contribution in [0.2, 0.25) is 5.02 Å². The van der Waals surface area contributed by atoms with Gasteiger partial charge in [-0.2, -0.15) is 0 Å². The minimum Gasteiger partial charge on any atom is -0.485 e. The fourth-order valence-electron chi connectivity index (χ4n) is 1.05. The number of nitrogens with two attached hydrogens (primary N) is 1. The van der Waals surface area contributed by atoms with E-state index in [0.717, 1.165) is 0 Å². The highest BCUT2D eigenvalue weighted by atomic mass is 35.5. The molecule has 6 heteroatoms. The van der Waals surface area contributed by atoms with E-state index in [0.29, 0.717) is 0 Å². The van der Waals surface area contributed by atoms with Crippen molar-refractivity contribution >= 4 is 21.6 Å². The molecule has 0 aliphatic heterocycles. The van der Waals surface area contributed by atoms with Gasteiger partial charge in [0.15, 0.2) is 0 Å². The van der Waals surface area contributed by atoms with Crippen LogP contribution in [0, 0.1) is 0 Å². The topological polar surface area (TPSA) is 69.4 Å². The Balaban J connectivity index is 3.23. The van der Waals surface area contributed by atoms with E-state index in [1.165, 1.54) is 18.2 Å². The highest BCUT2D eigenvalue weighted by Gasteiger charge is 2.16. The van der Waals surface area contributed by atoms with Crippen LogP contribution in [0.25, 0.3) is 0 Å². The van der Waals surface area contributed by atoms with Crippen molar-refractivity contribution in [1.29, 1.82) is 0 Å². The first-order valence-corrected chi connectivity index (χ1v) is 6.38. The van der Waals surface area contributed by atoms with Gasteiger partial charge in [0.1, 0.15) is 16.7 Å². The van der Waals surface area contributed by atoms with Crippen LogP contribution < -0.4 is 9.88 Å². The molecule has 0 saturated carbocycles. The van der Waals surface area contributed by atoms with Crippen molar-refractivity contribution in [2.45, 2.75) is 17.9 Å². The molecule has 0 heterocycles. The summed E-state index contributed by atoms with van der Waals surface area (Å²) in [4.78, 5) is -0.131. The summed E-state index contributed by atoms with van der Waals surface area (Å²) in [5.74, 6) is 0.166. The Bertz CT molecular complexity index is 499. The molecule has 16 heavy (non-hydrogen) atoms. The standard InChI is InChI=1S/C10H12ClNO3S/c1-3-7(2)15-9-5-4-8(11)6-10(9)16(12,13)14/h3-7H,1H2,2H3,(H2,12,13,14). The number of hydrogen-bond donors (Lipinski definition) is 1. The van der Waals surface area contributed by atoms with E-state index in [2.05, 4.69) is 6.58 Å². The third kappa shape index (κ3) is 3.23. The molecular weight excluding hydrogens is 250 g/mol. The lowest BCUT2D eigenvalue weighted by atomic mass is 10.3. The van der Waals surface area contributed by atoms with E-state index in [1.54, 1.807) is 13.0 Å². The van der Waals surface area contributed by atoms with Gasteiger partial charge < -0.3 is 4.74 Å². The summed E-state index contributed by atoms with van der Waals surface area (Å²) in [5, 5.41) is 5.33. The van der Waals surface area contributed by atoms with Crippen LogP contribution in [0.5, 0.6) is 5.75 Å². The average molecular weight is 262 g/mol. The number of hydrogen-bond acceptors (Lipinski definition) is 3. The van der Waals surface area contributed by atoms with E-state index < -0.39 is 10.0 Å². The second-order valence-corrected chi connectivity index (χ2v) is 5.16. The van der Waals surface area contributed by atoms with Crippen LogP contribution in [-0.2, 0) is 10.0 Å². The molecule has 0 spiro atoms. The van der Waals surface area contributed by atoms with Crippen molar-refractivity contribution in [1.82, 2.24) is 0 Å². The molecule has 1 rings (SSSR count). The van der Waals surface area contributed by atoms with Gasteiger partial charge in [-0.1, -0.05) is 24.3 Å². The molecule has 4 nitrogen and oxygen atoms in total. The minimum absolute atomic E-state index is 0.131. The van der Waals surface area contributed by atoms with E-state index in [9.17, 15) is 8.42 Å². The van der Waals surface area contributed by atoms with E-state index >= 15 is 0 Å². The SMILES string of the molecule is C=CC(C)Oc1ccc(Cl)cc1S(N)(=O)=O. The molecule has 1 atom stereocenters. The van der Waals surface area contributed by atoms with Crippen molar-refractivity contribution in [3.05, 3.63) is 35.9 Å². The molecule has 0 amide bonds. The lowest BCUT2D eigenvalue weighted by Crippen LogP contribution is -2.16. The molecule has 0 bridgehead atoms. The molecule has 2 N–H and O–H groups in total. The van der Waals surface area contributed by atoms with E-state index in [-0.39, 0.29) is 21.8 Å². The quantitative estimate of drug-likeness (QED) is 0.842. The minimum atomic E-state index is -3.85. The van der Waals surface area contributed by atoms with Crippen LogP contribution in [0.15, 0.2) is 35.7 Å². The summed E-state index contributed by atoms with van der Waals surface area (Å²) in [7, 11) is -3.85. The molecule has 1 aromatic rings.